The molecule has 7 heteroatoms. The van der Waals surface area contributed by atoms with Crippen LogP contribution in [0.1, 0.15) is 18.1 Å². The van der Waals surface area contributed by atoms with Crippen molar-refractivity contribution in [1.82, 2.24) is 0 Å². The molecular weight excluding hydrogens is 470 g/mol. The molecule has 0 radical (unpaired) electrons. The van der Waals surface area contributed by atoms with Crippen molar-refractivity contribution in [3.8, 4) is 0 Å². The van der Waals surface area contributed by atoms with Gasteiger partial charge < -0.3 is 4.90 Å². The molecule has 0 unspecified atom stereocenters. The average molecular weight is 492 g/mol. The van der Waals surface area contributed by atoms with Crippen LogP contribution in [-0.4, -0.2) is 17.6 Å². The van der Waals surface area contributed by atoms with E-state index in [4.69, 9.17) is 16.6 Å². The first kappa shape index (κ1) is 22.1. The van der Waals surface area contributed by atoms with Crippen LogP contribution in [0.3, 0.4) is 0 Å². The highest BCUT2D eigenvalue weighted by atomic mass is 35.5. The Morgan fingerprint density at radius 2 is 1.70 bits per heavy atom. The molecule has 0 N–H and O–H groups in total. The maximum Gasteiger partial charge on any atom is 0.274 e. The van der Waals surface area contributed by atoms with Gasteiger partial charge in [-0.05, 0) is 86.1 Å². The summed E-state index contributed by atoms with van der Waals surface area (Å²) in [5.74, 6) is -0.0585. The van der Waals surface area contributed by atoms with E-state index in [1.807, 2.05) is 80.6 Å². The zero-order valence-corrected chi connectivity index (χ0v) is 20.9. The number of thioether (sulfide) groups is 2. The molecule has 0 bridgehead atoms. The third-order valence-corrected chi connectivity index (χ3v) is 8.02. The van der Waals surface area contributed by atoms with Crippen molar-refractivity contribution < 1.29 is 4.79 Å². The summed E-state index contributed by atoms with van der Waals surface area (Å²) in [5, 5.41) is 2.27. The number of carbonyl (C=O) groups is 1. The molecule has 0 spiro atoms. The second kappa shape index (κ2) is 8.93. The zero-order valence-electron chi connectivity index (χ0n) is 18.5. The smallest absolute Gasteiger partial charge is 0.274 e. The Labute approximate surface area is 207 Å². The SMILES string of the molecule is CCN1C(=C2SC(=Nc3cccc(C)c3)N(c3cccc(C)c3)C2=O)Sc2ccc(Cl)cc21. The second-order valence-corrected chi connectivity index (χ2v) is 10.4. The molecule has 0 aromatic heterocycles. The zero-order chi connectivity index (χ0) is 23.1. The molecule has 33 heavy (non-hydrogen) atoms. The highest BCUT2D eigenvalue weighted by Crippen LogP contribution is 2.51. The first-order chi connectivity index (χ1) is 15.9. The molecule has 4 nitrogen and oxygen atoms in total. The number of amides is 1. The highest BCUT2D eigenvalue weighted by Gasteiger charge is 2.40. The van der Waals surface area contributed by atoms with E-state index in [1.165, 1.54) is 11.8 Å². The van der Waals surface area contributed by atoms with Crippen LogP contribution in [0, 0.1) is 13.8 Å². The molecule has 1 saturated heterocycles. The van der Waals surface area contributed by atoms with E-state index in [-0.39, 0.29) is 5.91 Å². The Kier molecular flexibility index (Phi) is 5.99. The topological polar surface area (TPSA) is 35.9 Å². The van der Waals surface area contributed by atoms with Gasteiger partial charge in [0.15, 0.2) is 5.17 Å². The van der Waals surface area contributed by atoms with Crippen LogP contribution in [0.2, 0.25) is 5.02 Å². The predicted molar refractivity (Wildman–Crippen MR) is 142 cm³/mol. The van der Waals surface area contributed by atoms with Crippen LogP contribution in [0.15, 0.2) is 86.6 Å². The monoisotopic (exact) mass is 491 g/mol. The van der Waals surface area contributed by atoms with Crippen molar-refractivity contribution in [2.24, 2.45) is 4.99 Å². The Morgan fingerprint density at radius 3 is 2.42 bits per heavy atom. The number of rotatable bonds is 3. The standard InChI is InChI=1S/C26H22ClN3OS2/c1-4-29-21-15-18(27)11-12-22(21)32-25(29)23-24(31)30(20-10-6-8-17(3)14-20)26(33-23)28-19-9-5-7-16(2)13-19/h5-15H,4H2,1-3H3. The van der Waals surface area contributed by atoms with Gasteiger partial charge in [-0.3, -0.25) is 9.69 Å². The maximum absolute atomic E-state index is 13.9. The molecule has 166 valence electrons. The van der Waals surface area contributed by atoms with Gasteiger partial charge in [-0.15, -0.1) is 0 Å². The Balaban J connectivity index is 1.64. The lowest BCUT2D eigenvalue weighted by Crippen LogP contribution is -2.29. The Morgan fingerprint density at radius 1 is 0.939 bits per heavy atom. The summed E-state index contributed by atoms with van der Waals surface area (Å²) in [6, 6.07) is 21.9. The number of hydrogen-bond acceptors (Lipinski definition) is 5. The number of nitrogens with zero attached hydrogens (tertiary/aromatic N) is 3. The Bertz CT molecular complexity index is 1330. The van der Waals surface area contributed by atoms with E-state index < -0.39 is 0 Å². The van der Waals surface area contributed by atoms with Gasteiger partial charge in [-0.25, -0.2) is 4.99 Å². The molecule has 3 aromatic carbocycles. The number of anilines is 2. The highest BCUT2D eigenvalue weighted by molar-refractivity contribution is 8.20. The van der Waals surface area contributed by atoms with E-state index >= 15 is 0 Å². The summed E-state index contributed by atoms with van der Waals surface area (Å²) in [4.78, 5) is 24.4. The molecule has 2 aliphatic rings. The van der Waals surface area contributed by atoms with E-state index in [9.17, 15) is 4.79 Å². The first-order valence-corrected chi connectivity index (χ1v) is 12.7. The summed E-state index contributed by atoms with van der Waals surface area (Å²) in [5.41, 5.74) is 4.91. The number of fused-ring (bicyclic) bond motifs is 1. The van der Waals surface area contributed by atoms with Crippen LogP contribution in [0.5, 0.6) is 0 Å². The molecule has 1 amide bonds. The van der Waals surface area contributed by atoms with E-state index in [0.717, 1.165) is 44.7 Å². The lowest BCUT2D eigenvalue weighted by molar-refractivity contribution is -0.113. The van der Waals surface area contributed by atoms with Crippen molar-refractivity contribution in [3.05, 3.63) is 92.8 Å². The van der Waals surface area contributed by atoms with Crippen LogP contribution < -0.4 is 9.80 Å². The lowest BCUT2D eigenvalue weighted by Gasteiger charge is -2.19. The van der Waals surface area contributed by atoms with Gasteiger partial charge in [0.05, 0.1) is 17.1 Å². The molecule has 0 saturated carbocycles. The van der Waals surface area contributed by atoms with Crippen LogP contribution in [0.4, 0.5) is 17.1 Å². The Hall–Kier alpha value is -2.67. The van der Waals surface area contributed by atoms with Crippen molar-refractivity contribution in [2.45, 2.75) is 25.7 Å². The normalized spacial score (nSPS) is 19.0. The number of carbonyl (C=O) groups excluding carboxylic acids is 1. The molecule has 3 aromatic rings. The predicted octanol–water partition coefficient (Wildman–Crippen LogP) is 7.53. The maximum atomic E-state index is 13.9. The van der Waals surface area contributed by atoms with Crippen LogP contribution in [0.25, 0.3) is 0 Å². The molecule has 5 rings (SSSR count). The van der Waals surface area contributed by atoms with Gasteiger partial charge in [-0.1, -0.05) is 47.6 Å². The van der Waals surface area contributed by atoms with Gasteiger partial charge >= 0.3 is 0 Å². The average Bonchev–Trinajstić information content (AvgIpc) is 3.30. The van der Waals surface area contributed by atoms with Gasteiger partial charge in [0, 0.05) is 16.5 Å². The van der Waals surface area contributed by atoms with Gasteiger partial charge in [-0.2, -0.15) is 0 Å². The number of amidine groups is 1. The summed E-state index contributed by atoms with van der Waals surface area (Å²) in [7, 11) is 0. The second-order valence-electron chi connectivity index (χ2n) is 7.91. The minimum absolute atomic E-state index is 0.0585. The molecule has 2 heterocycles. The summed E-state index contributed by atoms with van der Waals surface area (Å²) in [6.45, 7) is 6.89. The van der Waals surface area contributed by atoms with E-state index in [0.29, 0.717) is 15.1 Å². The molecule has 1 fully saturated rings. The fourth-order valence-electron chi connectivity index (χ4n) is 3.92. The number of halogens is 1. The third-order valence-electron chi connectivity index (χ3n) is 5.44. The van der Waals surface area contributed by atoms with Crippen molar-refractivity contribution in [1.29, 1.82) is 0 Å². The largest absolute Gasteiger partial charge is 0.334 e. The summed E-state index contributed by atoms with van der Waals surface area (Å²) < 4.78 is 0. The van der Waals surface area contributed by atoms with Gasteiger partial charge in [0.2, 0.25) is 0 Å². The lowest BCUT2D eigenvalue weighted by atomic mass is 10.2. The third kappa shape index (κ3) is 4.19. The van der Waals surface area contributed by atoms with Crippen molar-refractivity contribution in [2.75, 3.05) is 16.3 Å². The van der Waals surface area contributed by atoms with Crippen LogP contribution in [-0.2, 0) is 4.79 Å². The minimum Gasteiger partial charge on any atom is -0.334 e. The quantitative estimate of drug-likeness (QED) is 0.355. The molecule has 0 atom stereocenters. The van der Waals surface area contributed by atoms with Crippen molar-refractivity contribution >= 4 is 63.3 Å². The van der Waals surface area contributed by atoms with Gasteiger partial charge in [0.25, 0.3) is 5.91 Å². The summed E-state index contributed by atoms with van der Waals surface area (Å²) >= 11 is 9.32. The number of hydrogen-bond donors (Lipinski definition) is 0. The minimum atomic E-state index is -0.0585. The number of benzene rings is 3. The first-order valence-electron chi connectivity index (χ1n) is 10.7. The fraction of sp³-hybridized carbons (Fsp3) is 0.154. The number of aliphatic imine (C=N–C) groups is 1. The van der Waals surface area contributed by atoms with E-state index in [2.05, 4.69) is 11.8 Å². The van der Waals surface area contributed by atoms with Gasteiger partial charge in [0.1, 0.15) is 9.93 Å². The van der Waals surface area contributed by atoms with Crippen LogP contribution >= 0.6 is 35.1 Å². The van der Waals surface area contributed by atoms with Crippen molar-refractivity contribution in [3.63, 3.8) is 0 Å². The number of aryl methyl sites for hydroxylation is 2. The summed E-state index contributed by atoms with van der Waals surface area (Å²) in [6.07, 6.45) is 0. The molecular formula is C26H22ClN3OS2. The molecule has 0 aliphatic carbocycles. The van der Waals surface area contributed by atoms with E-state index in [1.54, 1.807) is 16.7 Å². The molecule has 2 aliphatic heterocycles. The fourth-order valence-corrected chi connectivity index (χ4v) is 6.46.